The monoisotopic (exact) mass is 546 g/mol. The summed E-state index contributed by atoms with van der Waals surface area (Å²) in [5, 5.41) is 12.8. The van der Waals surface area contributed by atoms with Crippen molar-refractivity contribution >= 4 is 30.8 Å². The first-order chi connectivity index (χ1) is 18.0. The molecular formula is C24H31N6O7P. The standard InChI is InChI=1S/C24H31N6O7P/c1-13(2)36-23(33)15(4)29-38(34,37-16-8-6-5-7-9-16)35-11-18-14(3)20(17(18)10-31)30-12-26-19-21(30)27-24(25)28-22(19)32/h5-9,12-13,15,17-18,20,31H,3,10-11H2,1-2,4H3,(H,29,34)(H3,25,27,28,32)/t15-,17+,18-,20+,38?/m0/s1. The van der Waals surface area contributed by atoms with E-state index in [1.165, 1.54) is 13.3 Å². The van der Waals surface area contributed by atoms with Gasteiger partial charge in [0.15, 0.2) is 11.2 Å². The van der Waals surface area contributed by atoms with Crippen LogP contribution in [0.4, 0.5) is 5.95 Å². The van der Waals surface area contributed by atoms with Crippen LogP contribution in [0.15, 0.2) is 53.6 Å². The topological polar surface area (TPSA) is 184 Å². The molecule has 1 saturated carbocycles. The number of hydrogen-bond acceptors (Lipinski definition) is 10. The van der Waals surface area contributed by atoms with Gasteiger partial charge in [0, 0.05) is 18.4 Å². The highest BCUT2D eigenvalue weighted by Gasteiger charge is 2.47. The number of hydrogen-bond donors (Lipinski definition) is 4. The fourth-order valence-electron chi connectivity index (χ4n) is 4.37. The highest BCUT2D eigenvalue weighted by Crippen LogP contribution is 2.52. The highest BCUT2D eigenvalue weighted by molar-refractivity contribution is 7.52. The molecule has 1 aliphatic carbocycles. The zero-order valence-corrected chi connectivity index (χ0v) is 22.1. The summed E-state index contributed by atoms with van der Waals surface area (Å²) in [5.41, 5.74) is 6.23. The normalized spacial score (nSPS) is 21.6. The van der Waals surface area contributed by atoms with Gasteiger partial charge in [-0.25, -0.2) is 9.55 Å². The number of aliphatic hydroxyl groups excluding tert-OH is 1. The average molecular weight is 547 g/mol. The predicted molar refractivity (Wildman–Crippen MR) is 139 cm³/mol. The molecular weight excluding hydrogens is 515 g/mol. The number of imidazole rings is 1. The van der Waals surface area contributed by atoms with Crippen molar-refractivity contribution in [2.75, 3.05) is 18.9 Å². The lowest BCUT2D eigenvalue weighted by Gasteiger charge is -2.46. The van der Waals surface area contributed by atoms with E-state index in [-0.39, 0.29) is 42.2 Å². The molecule has 0 radical (unpaired) electrons. The van der Waals surface area contributed by atoms with E-state index in [9.17, 15) is 19.3 Å². The molecule has 2 heterocycles. The van der Waals surface area contributed by atoms with Gasteiger partial charge in [-0.15, -0.1) is 0 Å². The minimum Gasteiger partial charge on any atom is -0.462 e. The van der Waals surface area contributed by atoms with Gasteiger partial charge >= 0.3 is 13.7 Å². The molecule has 0 amide bonds. The van der Waals surface area contributed by atoms with Gasteiger partial charge in [-0.1, -0.05) is 24.8 Å². The number of aromatic nitrogens is 4. The number of anilines is 1. The second-order valence-electron chi connectivity index (χ2n) is 9.28. The molecule has 5 atom stereocenters. The predicted octanol–water partition coefficient (Wildman–Crippen LogP) is 2.17. The van der Waals surface area contributed by atoms with E-state index < -0.39 is 43.2 Å². The number of aromatic amines is 1. The number of para-hydroxylation sites is 1. The van der Waals surface area contributed by atoms with Crippen molar-refractivity contribution in [3.05, 3.63) is 59.2 Å². The van der Waals surface area contributed by atoms with Crippen molar-refractivity contribution in [3.63, 3.8) is 0 Å². The lowest BCUT2D eigenvalue weighted by molar-refractivity contribution is -0.149. The van der Waals surface area contributed by atoms with Gasteiger partial charge < -0.3 is 24.7 Å². The van der Waals surface area contributed by atoms with Crippen molar-refractivity contribution < 1.29 is 28.3 Å². The third kappa shape index (κ3) is 5.65. The van der Waals surface area contributed by atoms with E-state index >= 15 is 0 Å². The van der Waals surface area contributed by atoms with E-state index in [0.29, 0.717) is 5.57 Å². The zero-order valence-electron chi connectivity index (χ0n) is 21.2. The molecule has 2 aromatic heterocycles. The number of benzene rings is 1. The Hall–Kier alpha value is -3.51. The Labute approximate surface area is 218 Å². The summed E-state index contributed by atoms with van der Waals surface area (Å²) in [6.07, 6.45) is 1.08. The summed E-state index contributed by atoms with van der Waals surface area (Å²) >= 11 is 0. The Morgan fingerprint density at radius 3 is 2.68 bits per heavy atom. The molecule has 4 rings (SSSR count). The number of aliphatic hydroxyl groups is 1. The quantitative estimate of drug-likeness (QED) is 0.157. The third-order valence-corrected chi connectivity index (χ3v) is 7.83. The van der Waals surface area contributed by atoms with Crippen LogP contribution in [0.5, 0.6) is 5.75 Å². The van der Waals surface area contributed by atoms with Gasteiger partial charge in [0.2, 0.25) is 5.95 Å². The fraction of sp³-hybridized carbons (Fsp3) is 0.417. The van der Waals surface area contributed by atoms with Crippen LogP contribution in [0, 0.1) is 11.8 Å². The Kier molecular flexibility index (Phi) is 8.02. The van der Waals surface area contributed by atoms with Gasteiger partial charge in [-0.2, -0.15) is 10.1 Å². The molecule has 0 spiro atoms. The maximum Gasteiger partial charge on any atom is 0.459 e. The number of esters is 1. The average Bonchev–Trinajstić information content (AvgIpc) is 3.25. The summed E-state index contributed by atoms with van der Waals surface area (Å²) < 4.78 is 32.0. The number of carbonyl (C=O) groups is 1. The molecule has 1 aliphatic rings. The van der Waals surface area contributed by atoms with Crippen LogP contribution in [-0.2, 0) is 18.6 Å². The summed E-state index contributed by atoms with van der Waals surface area (Å²) in [7, 11) is -4.09. The Morgan fingerprint density at radius 1 is 1.32 bits per heavy atom. The van der Waals surface area contributed by atoms with Crippen LogP contribution in [0.25, 0.3) is 11.2 Å². The van der Waals surface area contributed by atoms with Crippen LogP contribution in [0.1, 0.15) is 26.8 Å². The minimum absolute atomic E-state index is 0.0650. The highest BCUT2D eigenvalue weighted by atomic mass is 31.2. The van der Waals surface area contributed by atoms with Crippen molar-refractivity contribution in [2.45, 2.75) is 39.0 Å². The second-order valence-corrected chi connectivity index (χ2v) is 11.0. The Morgan fingerprint density at radius 2 is 2.03 bits per heavy atom. The fourth-order valence-corrected chi connectivity index (χ4v) is 5.89. The van der Waals surface area contributed by atoms with Gasteiger partial charge in [0.25, 0.3) is 5.56 Å². The molecule has 1 unspecified atom stereocenters. The van der Waals surface area contributed by atoms with E-state index in [0.717, 1.165) is 0 Å². The van der Waals surface area contributed by atoms with E-state index in [4.69, 9.17) is 19.5 Å². The molecule has 1 fully saturated rings. The number of H-pyrrole nitrogens is 1. The molecule has 14 heteroatoms. The number of nitrogens with two attached hydrogens (primary N) is 1. The molecule has 0 saturated heterocycles. The molecule has 3 aromatic rings. The number of fused-ring (bicyclic) bond motifs is 1. The van der Waals surface area contributed by atoms with E-state index in [1.807, 2.05) is 0 Å². The number of carbonyl (C=O) groups excluding carboxylic acids is 1. The van der Waals surface area contributed by atoms with Gasteiger partial charge in [-0.05, 0) is 38.5 Å². The largest absolute Gasteiger partial charge is 0.462 e. The minimum atomic E-state index is -4.09. The number of nitrogens with zero attached hydrogens (tertiary/aromatic N) is 3. The van der Waals surface area contributed by atoms with E-state index in [2.05, 4.69) is 26.6 Å². The van der Waals surface area contributed by atoms with Crippen LogP contribution in [-0.4, -0.2) is 56.0 Å². The van der Waals surface area contributed by atoms with Gasteiger partial charge in [0.1, 0.15) is 11.8 Å². The maximum absolute atomic E-state index is 13.8. The molecule has 0 aliphatic heterocycles. The number of nitrogens with one attached hydrogen (secondary N) is 2. The first-order valence-electron chi connectivity index (χ1n) is 12.0. The molecule has 38 heavy (non-hydrogen) atoms. The molecule has 13 nitrogen and oxygen atoms in total. The van der Waals surface area contributed by atoms with E-state index in [1.54, 1.807) is 48.7 Å². The molecule has 5 N–H and O–H groups in total. The Bertz CT molecular complexity index is 1420. The van der Waals surface area contributed by atoms with Crippen LogP contribution in [0.2, 0.25) is 0 Å². The van der Waals surface area contributed by atoms with Crippen molar-refractivity contribution in [1.29, 1.82) is 0 Å². The second kappa shape index (κ2) is 11.1. The molecule has 1 aromatic carbocycles. The first kappa shape index (κ1) is 27.5. The summed E-state index contributed by atoms with van der Waals surface area (Å²) in [4.78, 5) is 35.2. The van der Waals surface area contributed by atoms with Crippen LogP contribution in [0.3, 0.4) is 0 Å². The number of rotatable bonds is 11. The SMILES string of the molecule is C=C1[C@@H](n2cnc3c(=O)[nH]c(N)nc32)[C@H](CO)[C@H]1COP(=O)(N[C@@H](C)C(=O)OC(C)C)Oc1ccccc1. The summed E-state index contributed by atoms with van der Waals surface area (Å²) in [5.74, 6) is -1.25. The molecule has 0 bridgehead atoms. The lowest BCUT2D eigenvalue weighted by atomic mass is 9.66. The summed E-state index contributed by atoms with van der Waals surface area (Å²) in [6, 6.07) is 6.95. The van der Waals surface area contributed by atoms with Gasteiger partial charge in [-0.3, -0.25) is 19.1 Å². The Balaban J connectivity index is 1.53. The van der Waals surface area contributed by atoms with Crippen molar-refractivity contribution in [2.24, 2.45) is 11.8 Å². The summed E-state index contributed by atoms with van der Waals surface area (Å²) in [6.45, 7) is 8.64. The zero-order chi connectivity index (χ0) is 27.6. The first-order valence-corrected chi connectivity index (χ1v) is 13.6. The van der Waals surface area contributed by atoms with Gasteiger partial charge in [0.05, 0.1) is 25.1 Å². The van der Waals surface area contributed by atoms with Crippen molar-refractivity contribution in [3.8, 4) is 5.75 Å². The molecule has 204 valence electrons. The third-order valence-electron chi connectivity index (χ3n) is 6.19. The van der Waals surface area contributed by atoms with Crippen LogP contribution < -0.4 is 20.9 Å². The lowest BCUT2D eigenvalue weighted by Crippen LogP contribution is -2.45. The maximum atomic E-state index is 13.8. The van der Waals surface area contributed by atoms with Crippen molar-refractivity contribution in [1.82, 2.24) is 24.6 Å². The van der Waals surface area contributed by atoms with Crippen LogP contribution >= 0.6 is 7.75 Å². The number of nitrogen functional groups attached to an aromatic ring is 1. The number of ether oxygens (including phenoxy) is 1. The smallest absolute Gasteiger partial charge is 0.459 e.